The van der Waals surface area contributed by atoms with Crippen LogP contribution in [0.3, 0.4) is 0 Å². The number of hydrogen-bond acceptors (Lipinski definition) is 2. The molecule has 0 radical (unpaired) electrons. The number of anilines is 1. The lowest BCUT2D eigenvalue weighted by Crippen LogP contribution is -2.49. The van der Waals surface area contributed by atoms with E-state index in [1.165, 1.54) is 0 Å². The SMILES string of the molecule is Cc1ccc(C)c(N[C@@H](NC(=O)c2ccccc2C)C(Cl)(Cl)Cl)c1. The minimum absolute atomic E-state index is 0.303. The summed E-state index contributed by atoms with van der Waals surface area (Å²) in [7, 11) is 0. The molecular weight excluding hydrogens is 367 g/mol. The van der Waals surface area contributed by atoms with E-state index in [9.17, 15) is 4.79 Å². The molecule has 0 heterocycles. The van der Waals surface area contributed by atoms with E-state index in [-0.39, 0.29) is 5.91 Å². The molecule has 0 fully saturated rings. The fraction of sp³-hybridized carbons (Fsp3) is 0.278. The van der Waals surface area contributed by atoms with Gasteiger partial charge in [0.05, 0.1) is 0 Å². The lowest BCUT2D eigenvalue weighted by Gasteiger charge is -2.28. The summed E-state index contributed by atoms with van der Waals surface area (Å²) in [6.45, 7) is 5.78. The summed E-state index contributed by atoms with van der Waals surface area (Å²) in [5.41, 5.74) is 4.25. The minimum Gasteiger partial charge on any atom is -0.362 e. The summed E-state index contributed by atoms with van der Waals surface area (Å²) in [6.07, 6.45) is -0.880. The molecule has 3 nitrogen and oxygen atoms in total. The average Bonchev–Trinajstić information content (AvgIpc) is 2.49. The number of benzene rings is 2. The number of hydrogen-bond donors (Lipinski definition) is 2. The third kappa shape index (κ3) is 4.79. The Morgan fingerprint density at radius 2 is 1.67 bits per heavy atom. The van der Waals surface area contributed by atoms with Crippen molar-refractivity contribution in [2.75, 3.05) is 5.32 Å². The Morgan fingerprint density at radius 3 is 2.29 bits per heavy atom. The second kappa shape index (κ2) is 7.64. The molecule has 128 valence electrons. The van der Waals surface area contributed by atoms with Crippen molar-refractivity contribution in [1.82, 2.24) is 5.32 Å². The number of amides is 1. The van der Waals surface area contributed by atoms with Gasteiger partial charge in [0.15, 0.2) is 0 Å². The molecular formula is C18H19Cl3N2O. The molecule has 0 unspecified atom stereocenters. The van der Waals surface area contributed by atoms with E-state index in [0.717, 1.165) is 22.4 Å². The van der Waals surface area contributed by atoms with E-state index in [2.05, 4.69) is 10.6 Å². The van der Waals surface area contributed by atoms with Crippen LogP contribution in [0.15, 0.2) is 42.5 Å². The zero-order valence-electron chi connectivity index (χ0n) is 13.7. The van der Waals surface area contributed by atoms with Crippen molar-refractivity contribution in [2.24, 2.45) is 0 Å². The maximum absolute atomic E-state index is 12.5. The molecule has 1 amide bonds. The van der Waals surface area contributed by atoms with Crippen molar-refractivity contribution in [3.63, 3.8) is 0 Å². The van der Waals surface area contributed by atoms with E-state index in [4.69, 9.17) is 34.8 Å². The van der Waals surface area contributed by atoms with Crippen LogP contribution in [0, 0.1) is 20.8 Å². The molecule has 24 heavy (non-hydrogen) atoms. The standard InChI is InChI=1S/C18H19Cl3N2O/c1-11-8-9-13(3)15(10-11)22-17(18(19,20)21)23-16(24)14-7-5-4-6-12(14)2/h4-10,17,22H,1-3H3,(H,23,24)/t17-/m0/s1. The molecule has 2 N–H and O–H groups in total. The first-order valence-electron chi connectivity index (χ1n) is 7.45. The van der Waals surface area contributed by atoms with Crippen LogP contribution in [0.4, 0.5) is 5.69 Å². The summed E-state index contributed by atoms with van der Waals surface area (Å²) < 4.78 is -1.71. The number of carbonyl (C=O) groups is 1. The molecule has 1 atom stereocenters. The summed E-state index contributed by atoms with van der Waals surface area (Å²) in [5.74, 6) is -0.303. The van der Waals surface area contributed by atoms with Gasteiger partial charge in [0.1, 0.15) is 6.17 Å². The van der Waals surface area contributed by atoms with Crippen molar-refractivity contribution in [2.45, 2.75) is 30.7 Å². The van der Waals surface area contributed by atoms with Gasteiger partial charge < -0.3 is 10.6 Å². The predicted molar refractivity (Wildman–Crippen MR) is 102 cm³/mol. The Balaban J connectivity index is 2.25. The number of rotatable bonds is 4. The highest BCUT2D eigenvalue weighted by Crippen LogP contribution is 2.32. The average molecular weight is 386 g/mol. The highest BCUT2D eigenvalue weighted by atomic mass is 35.6. The molecule has 2 rings (SSSR count). The van der Waals surface area contributed by atoms with E-state index in [0.29, 0.717) is 5.56 Å². The maximum Gasteiger partial charge on any atom is 0.253 e. The second-order valence-corrected chi connectivity index (χ2v) is 8.09. The third-order valence-corrected chi connectivity index (χ3v) is 4.34. The lowest BCUT2D eigenvalue weighted by atomic mass is 10.1. The number of halogens is 3. The van der Waals surface area contributed by atoms with Gasteiger partial charge in [0, 0.05) is 11.3 Å². The van der Waals surface area contributed by atoms with Gasteiger partial charge in [-0.15, -0.1) is 0 Å². The first-order valence-corrected chi connectivity index (χ1v) is 8.59. The lowest BCUT2D eigenvalue weighted by molar-refractivity contribution is 0.0941. The molecule has 0 aliphatic carbocycles. The van der Waals surface area contributed by atoms with Crippen LogP contribution in [0.1, 0.15) is 27.0 Å². The highest BCUT2D eigenvalue weighted by Gasteiger charge is 2.34. The normalized spacial score (nSPS) is 12.6. The second-order valence-electron chi connectivity index (χ2n) is 5.73. The van der Waals surface area contributed by atoms with Crippen LogP contribution in [0.25, 0.3) is 0 Å². The number of aryl methyl sites for hydroxylation is 3. The number of nitrogens with one attached hydrogen (secondary N) is 2. The first-order chi connectivity index (χ1) is 11.2. The molecule has 0 aliphatic heterocycles. The fourth-order valence-electron chi connectivity index (χ4n) is 2.28. The molecule has 6 heteroatoms. The quantitative estimate of drug-likeness (QED) is 0.564. The monoisotopic (exact) mass is 384 g/mol. The Hall–Kier alpha value is -1.42. The molecule has 0 saturated heterocycles. The highest BCUT2D eigenvalue weighted by molar-refractivity contribution is 6.68. The van der Waals surface area contributed by atoms with Gasteiger partial charge in [-0.05, 0) is 49.6 Å². The van der Waals surface area contributed by atoms with Gasteiger partial charge in [0.25, 0.3) is 5.91 Å². The maximum atomic E-state index is 12.5. The van der Waals surface area contributed by atoms with Crippen molar-refractivity contribution in [3.05, 3.63) is 64.7 Å². The minimum atomic E-state index is -1.71. The third-order valence-electron chi connectivity index (χ3n) is 3.69. The van der Waals surface area contributed by atoms with E-state index in [1.807, 2.05) is 51.1 Å². The van der Waals surface area contributed by atoms with Crippen molar-refractivity contribution in [1.29, 1.82) is 0 Å². The smallest absolute Gasteiger partial charge is 0.253 e. The van der Waals surface area contributed by atoms with Crippen LogP contribution in [-0.2, 0) is 0 Å². The number of alkyl halides is 3. The van der Waals surface area contributed by atoms with Crippen LogP contribution in [0.2, 0.25) is 0 Å². The zero-order chi connectivity index (χ0) is 17.9. The molecule has 2 aromatic carbocycles. The Bertz CT molecular complexity index is 741. The first kappa shape index (κ1) is 18.9. The van der Waals surface area contributed by atoms with Gasteiger partial charge in [-0.2, -0.15) is 0 Å². The van der Waals surface area contributed by atoms with Crippen LogP contribution < -0.4 is 10.6 Å². The van der Waals surface area contributed by atoms with Gasteiger partial charge in [-0.25, -0.2) is 0 Å². The molecule has 0 aliphatic rings. The Morgan fingerprint density at radius 1 is 1.00 bits per heavy atom. The number of carbonyl (C=O) groups excluding carboxylic acids is 1. The van der Waals surface area contributed by atoms with Crippen LogP contribution in [-0.4, -0.2) is 15.9 Å². The van der Waals surface area contributed by atoms with Gasteiger partial charge in [-0.3, -0.25) is 4.79 Å². The van der Waals surface area contributed by atoms with Gasteiger partial charge in [-0.1, -0.05) is 65.1 Å². The summed E-state index contributed by atoms with van der Waals surface area (Å²) in [6, 6.07) is 13.2. The fourth-order valence-corrected chi connectivity index (χ4v) is 2.61. The Kier molecular flexibility index (Phi) is 6.02. The molecule has 0 spiro atoms. The summed E-state index contributed by atoms with van der Waals surface area (Å²) in [4.78, 5) is 12.5. The largest absolute Gasteiger partial charge is 0.362 e. The molecule has 0 saturated carbocycles. The molecule has 0 aromatic heterocycles. The van der Waals surface area contributed by atoms with Crippen molar-refractivity contribution in [3.8, 4) is 0 Å². The van der Waals surface area contributed by atoms with E-state index in [1.54, 1.807) is 12.1 Å². The topological polar surface area (TPSA) is 41.1 Å². The molecule has 2 aromatic rings. The van der Waals surface area contributed by atoms with Crippen molar-refractivity contribution >= 4 is 46.4 Å². The van der Waals surface area contributed by atoms with Gasteiger partial charge in [0.2, 0.25) is 3.79 Å². The van der Waals surface area contributed by atoms with Gasteiger partial charge >= 0.3 is 0 Å². The zero-order valence-corrected chi connectivity index (χ0v) is 15.9. The summed E-state index contributed by atoms with van der Waals surface area (Å²) in [5, 5.41) is 5.88. The molecule has 0 bridgehead atoms. The van der Waals surface area contributed by atoms with E-state index >= 15 is 0 Å². The Labute approximate surface area is 157 Å². The van der Waals surface area contributed by atoms with Crippen LogP contribution >= 0.6 is 34.8 Å². The van der Waals surface area contributed by atoms with Crippen molar-refractivity contribution < 1.29 is 4.79 Å². The van der Waals surface area contributed by atoms with E-state index < -0.39 is 9.96 Å². The summed E-state index contributed by atoms with van der Waals surface area (Å²) >= 11 is 18.2. The predicted octanol–water partition coefficient (Wildman–Crippen LogP) is 5.15. The van der Waals surface area contributed by atoms with Crippen LogP contribution in [0.5, 0.6) is 0 Å².